The van der Waals surface area contributed by atoms with Gasteiger partial charge in [-0.2, -0.15) is 0 Å². The summed E-state index contributed by atoms with van der Waals surface area (Å²) in [6, 6.07) is 11.4. The van der Waals surface area contributed by atoms with Gasteiger partial charge in [-0.1, -0.05) is 18.2 Å². The Bertz CT molecular complexity index is 1100. The summed E-state index contributed by atoms with van der Waals surface area (Å²) in [6.45, 7) is 0. The fourth-order valence-electron chi connectivity index (χ4n) is 2.24. The molecule has 2 amide bonds. The highest BCUT2D eigenvalue weighted by molar-refractivity contribution is 9.10. The molecule has 0 unspecified atom stereocenters. The first-order valence-corrected chi connectivity index (χ1v) is 9.04. The third-order valence-corrected chi connectivity index (χ3v) is 4.30. The van der Waals surface area contributed by atoms with E-state index in [1.165, 1.54) is 12.3 Å². The largest absolute Gasteiger partial charge is 0.356 e. The summed E-state index contributed by atoms with van der Waals surface area (Å²) in [5, 5.41) is 11.5. The third kappa shape index (κ3) is 4.82. The van der Waals surface area contributed by atoms with Crippen molar-refractivity contribution in [3.8, 4) is 0 Å². The predicted molar refractivity (Wildman–Crippen MR) is 109 cm³/mol. The number of rotatable bonds is 7. The van der Waals surface area contributed by atoms with Crippen LogP contribution < -0.4 is 21.7 Å². The average molecular weight is 473 g/mol. The van der Waals surface area contributed by atoms with Crippen molar-refractivity contribution in [2.24, 2.45) is 0 Å². The van der Waals surface area contributed by atoms with Crippen molar-refractivity contribution in [2.45, 2.75) is 0 Å². The minimum atomic E-state index is -0.762. The van der Waals surface area contributed by atoms with Crippen LogP contribution in [0.3, 0.4) is 0 Å². The molecule has 0 atom stereocenters. The van der Waals surface area contributed by atoms with Gasteiger partial charge < -0.3 is 0 Å². The highest BCUT2D eigenvalue weighted by Gasteiger charge is 2.24. The van der Waals surface area contributed by atoms with Crippen LogP contribution in [0.25, 0.3) is 0 Å². The summed E-state index contributed by atoms with van der Waals surface area (Å²) in [5.74, 6) is -1.75. The highest BCUT2D eigenvalue weighted by Crippen LogP contribution is 2.28. The number of anilines is 2. The molecule has 12 nitrogen and oxygen atoms in total. The summed E-state index contributed by atoms with van der Waals surface area (Å²) in [7, 11) is 0. The summed E-state index contributed by atoms with van der Waals surface area (Å²) < 4.78 is 0.543. The number of carbonyl (C=O) groups excluding carboxylic acids is 2. The Morgan fingerprint density at radius 3 is 2.13 bits per heavy atom. The van der Waals surface area contributed by atoms with Crippen molar-refractivity contribution in [2.75, 3.05) is 10.9 Å². The zero-order valence-electron chi connectivity index (χ0n) is 15.0. The van der Waals surface area contributed by atoms with Gasteiger partial charge in [0, 0.05) is 10.7 Å². The molecule has 0 saturated carbocycles. The second kappa shape index (κ2) is 9.38. The number of nitro groups is 1. The van der Waals surface area contributed by atoms with E-state index in [0.29, 0.717) is 10.0 Å². The first-order chi connectivity index (χ1) is 14.5. The molecule has 0 aliphatic rings. The van der Waals surface area contributed by atoms with Crippen molar-refractivity contribution in [1.82, 2.24) is 25.8 Å². The lowest BCUT2D eigenvalue weighted by Gasteiger charge is -2.11. The molecule has 0 bridgehead atoms. The van der Waals surface area contributed by atoms with E-state index in [1.54, 1.807) is 36.4 Å². The smallest absolute Gasteiger partial charge is 0.276 e. The van der Waals surface area contributed by atoms with Crippen molar-refractivity contribution in [3.63, 3.8) is 0 Å². The zero-order valence-corrected chi connectivity index (χ0v) is 16.6. The van der Waals surface area contributed by atoms with E-state index in [0.717, 1.165) is 6.33 Å². The molecule has 0 aliphatic carbocycles. The number of nitrogens with one attached hydrogen (secondary N) is 4. The third-order valence-electron chi connectivity index (χ3n) is 3.61. The van der Waals surface area contributed by atoms with Gasteiger partial charge in [0.05, 0.1) is 10.5 Å². The normalized spacial score (nSPS) is 10.0. The highest BCUT2D eigenvalue weighted by atomic mass is 79.9. The van der Waals surface area contributed by atoms with Crippen molar-refractivity contribution in [3.05, 3.63) is 80.8 Å². The lowest BCUT2D eigenvalue weighted by molar-refractivity contribution is -0.383. The molecule has 3 aromatic rings. The molecule has 3 rings (SSSR count). The van der Waals surface area contributed by atoms with Crippen LogP contribution >= 0.6 is 15.9 Å². The van der Waals surface area contributed by atoms with Crippen LogP contribution in [0.15, 0.2) is 59.5 Å². The van der Waals surface area contributed by atoms with E-state index >= 15 is 0 Å². The second-order valence-electron chi connectivity index (χ2n) is 5.53. The molecule has 0 aliphatic heterocycles. The van der Waals surface area contributed by atoms with Crippen molar-refractivity contribution >= 4 is 45.1 Å². The fraction of sp³-hybridized carbons (Fsp3) is 0. The molecule has 2 heterocycles. The van der Waals surface area contributed by atoms with E-state index in [4.69, 9.17) is 0 Å². The van der Waals surface area contributed by atoms with Gasteiger partial charge in [0.15, 0.2) is 0 Å². The van der Waals surface area contributed by atoms with Gasteiger partial charge in [0.2, 0.25) is 11.6 Å². The Morgan fingerprint density at radius 2 is 1.53 bits per heavy atom. The van der Waals surface area contributed by atoms with Gasteiger partial charge in [-0.15, -0.1) is 0 Å². The van der Waals surface area contributed by atoms with Crippen LogP contribution in [0.5, 0.6) is 0 Å². The first kappa shape index (κ1) is 20.6. The Labute approximate surface area is 177 Å². The molecule has 1 aromatic carbocycles. The maximum Gasteiger partial charge on any atom is 0.356 e. The van der Waals surface area contributed by atoms with Crippen molar-refractivity contribution < 1.29 is 14.5 Å². The van der Waals surface area contributed by atoms with E-state index < -0.39 is 22.4 Å². The van der Waals surface area contributed by atoms with Crippen molar-refractivity contribution in [1.29, 1.82) is 0 Å². The Morgan fingerprint density at radius 1 is 0.900 bits per heavy atom. The number of halogens is 1. The predicted octanol–water partition coefficient (Wildman–Crippen LogP) is 2.06. The topological polar surface area (TPSA) is 164 Å². The number of aromatic nitrogens is 3. The monoisotopic (exact) mass is 472 g/mol. The number of hydrazine groups is 2. The SMILES string of the molecule is O=C(NNc1ncnc(NNC(=O)c2ccccc2Br)c1[N+](=O)[O-])c1ccccn1. The molecule has 0 fully saturated rings. The maximum atomic E-state index is 12.3. The van der Waals surface area contributed by atoms with Gasteiger partial charge in [-0.25, -0.2) is 9.97 Å². The molecular weight excluding hydrogens is 460 g/mol. The van der Waals surface area contributed by atoms with E-state index in [2.05, 4.69) is 52.6 Å². The molecule has 13 heteroatoms. The Kier molecular flexibility index (Phi) is 6.44. The summed E-state index contributed by atoms with van der Waals surface area (Å²) in [5.41, 5.74) is 9.18. The second-order valence-corrected chi connectivity index (χ2v) is 6.38. The zero-order chi connectivity index (χ0) is 21.5. The summed E-state index contributed by atoms with van der Waals surface area (Å²) in [6.07, 6.45) is 2.45. The number of pyridine rings is 1. The first-order valence-electron chi connectivity index (χ1n) is 8.25. The van der Waals surface area contributed by atoms with Crippen LogP contribution in [0.2, 0.25) is 0 Å². The molecule has 0 radical (unpaired) electrons. The average Bonchev–Trinajstić information content (AvgIpc) is 2.76. The number of benzene rings is 1. The van der Waals surface area contributed by atoms with Gasteiger partial charge in [0.25, 0.3) is 11.8 Å². The lowest BCUT2D eigenvalue weighted by atomic mass is 10.2. The number of hydrogen-bond donors (Lipinski definition) is 4. The number of hydrogen-bond acceptors (Lipinski definition) is 9. The number of nitrogens with zero attached hydrogens (tertiary/aromatic N) is 4. The van der Waals surface area contributed by atoms with Gasteiger partial charge in [0.1, 0.15) is 12.0 Å². The Hall–Kier alpha value is -4.13. The fourth-order valence-corrected chi connectivity index (χ4v) is 2.71. The number of carbonyl (C=O) groups is 2. The van der Waals surface area contributed by atoms with E-state index in [9.17, 15) is 19.7 Å². The molecule has 4 N–H and O–H groups in total. The van der Waals surface area contributed by atoms with Crippen LogP contribution in [-0.4, -0.2) is 31.7 Å². The van der Waals surface area contributed by atoms with E-state index in [1.807, 2.05) is 0 Å². The molecule has 0 spiro atoms. The molecule has 0 saturated heterocycles. The van der Waals surface area contributed by atoms with Gasteiger partial charge in [-0.3, -0.25) is 46.4 Å². The minimum absolute atomic E-state index is 0.0979. The van der Waals surface area contributed by atoms with Gasteiger partial charge in [-0.05, 0) is 40.2 Å². The van der Waals surface area contributed by atoms with E-state index in [-0.39, 0.29) is 17.3 Å². The van der Waals surface area contributed by atoms with Gasteiger partial charge >= 0.3 is 5.69 Å². The maximum absolute atomic E-state index is 12.3. The molecular formula is C17H13BrN8O4. The summed E-state index contributed by atoms with van der Waals surface area (Å²) in [4.78, 5) is 46.5. The molecule has 152 valence electrons. The standard InChI is InChI=1S/C17H13BrN8O4/c18-11-6-2-1-5-10(11)16(27)24-22-14-13(26(29)30)15(21-9-20-14)23-25-17(28)12-7-3-4-8-19-12/h1-9H,(H,24,27)(H,25,28)(H2,20,21,22,23). The quantitative estimate of drug-likeness (QED) is 0.297. The lowest BCUT2D eigenvalue weighted by Crippen LogP contribution is -2.32. The van der Waals surface area contributed by atoms with Crippen LogP contribution in [0, 0.1) is 10.1 Å². The molecule has 2 aromatic heterocycles. The van der Waals surface area contributed by atoms with Crippen LogP contribution in [0.1, 0.15) is 20.8 Å². The minimum Gasteiger partial charge on any atom is -0.276 e. The Balaban J connectivity index is 1.74. The van der Waals surface area contributed by atoms with Crippen LogP contribution in [0.4, 0.5) is 17.3 Å². The number of amides is 2. The molecule has 30 heavy (non-hydrogen) atoms. The summed E-state index contributed by atoms with van der Waals surface area (Å²) >= 11 is 3.25. The van der Waals surface area contributed by atoms with Crippen LogP contribution in [-0.2, 0) is 0 Å².